The summed E-state index contributed by atoms with van der Waals surface area (Å²) >= 11 is 0. The van der Waals surface area contributed by atoms with Crippen LogP contribution in [0.3, 0.4) is 0 Å². The second-order valence-electron chi connectivity index (χ2n) is 8.23. The SMILES string of the molecule is CC(C)C[C@H](NC(=O)NC(C)(C)C)C(=O)N[C@H](C#N)C[C@@H]1CCNC1=O. The van der Waals surface area contributed by atoms with Crippen molar-refractivity contribution >= 4 is 17.8 Å². The molecule has 8 heteroatoms. The lowest BCUT2D eigenvalue weighted by Gasteiger charge is -2.26. The molecule has 1 rings (SSSR count). The molecule has 1 fully saturated rings. The van der Waals surface area contributed by atoms with E-state index in [4.69, 9.17) is 0 Å². The molecule has 8 nitrogen and oxygen atoms in total. The van der Waals surface area contributed by atoms with Crippen molar-refractivity contribution in [2.45, 2.75) is 71.5 Å². The molecule has 0 aromatic carbocycles. The predicted molar refractivity (Wildman–Crippen MR) is 97.9 cm³/mol. The van der Waals surface area contributed by atoms with Crippen LogP contribution in [-0.2, 0) is 9.59 Å². The summed E-state index contributed by atoms with van der Waals surface area (Å²) in [5, 5.41) is 20.2. The Morgan fingerprint density at radius 3 is 2.42 bits per heavy atom. The zero-order valence-electron chi connectivity index (χ0n) is 16.3. The molecule has 26 heavy (non-hydrogen) atoms. The van der Waals surface area contributed by atoms with Crippen LogP contribution in [0.25, 0.3) is 0 Å². The molecule has 1 aliphatic rings. The first-order chi connectivity index (χ1) is 12.0. The molecule has 0 aromatic rings. The summed E-state index contributed by atoms with van der Waals surface area (Å²) in [6, 6.07) is 0.101. The van der Waals surface area contributed by atoms with Crippen LogP contribution in [0, 0.1) is 23.2 Å². The number of hydrogen-bond donors (Lipinski definition) is 4. The van der Waals surface area contributed by atoms with Gasteiger partial charge in [0.15, 0.2) is 0 Å². The number of urea groups is 1. The third kappa shape index (κ3) is 7.72. The van der Waals surface area contributed by atoms with Crippen molar-refractivity contribution in [3.8, 4) is 6.07 Å². The maximum atomic E-state index is 12.6. The van der Waals surface area contributed by atoms with Gasteiger partial charge in [0, 0.05) is 18.0 Å². The largest absolute Gasteiger partial charge is 0.356 e. The summed E-state index contributed by atoms with van der Waals surface area (Å²) in [4.78, 5) is 36.4. The zero-order valence-corrected chi connectivity index (χ0v) is 16.3. The molecule has 4 N–H and O–H groups in total. The Morgan fingerprint density at radius 1 is 1.31 bits per heavy atom. The number of rotatable bonds is 7. The van der Waals surface area contributed by atoms with Gasteiger partial charge >= 0.3 is 6.03 Å². The maximum Gasteiger partial charge on any atom is 0.315 e. The Hall–Kier alpha value is -2.30. The molecule has 1 saturated heterocycles. The van der Waals surface area contributed by atoms with Gasteiger partial charge in [0.2, 0.25) is 11.8 Å². The Morgan fingerprint density at radius 2 is 1.96 bits per heavy atom. The Labute approximate surface area is 155 Å². The molecule has 0 aromatic heterocycles. The number of nitrogens with zero attached hydrogens (tertiary/aromatic N) is 1. The molecule has 0 spiro atoms. The fourth-order valence-electron chi connectivity index (χ4n) is 2.81. The van der Waals surface area contributed by atoms with E-state index in [0.29, 0.717) is 19.4 Å². The van der Waals surface area contributed by atoms with Crippen LogP contribution in [-0.4, -0.2) is 42.0 Å². The summed E-state index contributed by atoms with van der Waals surface area (Å²) in [5.41, 5.74) is -0.423. The Kier molecular flexibility index (Phi) is 7.87. The highest BCUT2D eigenvalue weighted by molar-refractivity contribution is 5.87. The van der Waals surface area contributed by atoms with Gasteiger partial charge in [0.1, 0.15) is 12.1 Å². The van der Waals surface area contributed by atoms with Crippen LogP contribution >= 0.6 is 0 Å². The first-order valence-electron chi connectivity index (χ1n) is 9.08. The van der Waals surface area contributed by atoms with Crippen molar-refractivity contribution in [1.82, 2.24) is 21.3 Å². The summed E-state index contributed by atoms with van der Waals surface area (Å²) in [6.07, 6.45) is 1.39. The highest BCUT2D eigenvalue weighted by Crippen LogP contribution is 2.16. The highest BCUT2D eigenvalue weighted by atomic mass is 16.2. The molecule has 0 saturated carbocycles. The van der Waals surface area contributed by atoms with E-state index in [2.05, 4.69) is 21.3 Å². The smallest absolute Gasteiger partial charge is 0.315 e. The third-order valence-electron chi connectivity index (χ3n) is 3.97. The monoisotopic (exact) mass is 365 g/mol. The molecule has 1 heterocycles. The van der Waals surface area contributed by atoms with E-state index >= 15 is 0 Å². The quantitative estimate of drug-likeness (QED) is 0.538. The number of hydrogen-bond acceptors (Lipinski definition) is 4. The van der Waals surface area contributed by atoms with E-state index in [0.717, 1.165) is 0 Å². The third-order valence-corrected chi connectivity index (χ3v) is 3.97. The normalized spacial score (nSPS) is 19.3. The molecule has 0 radical (unpaired) electrons. The number of carbonyl (C=O) groups excluding carboxylic acids is 3. The van der Waals surface area contributed by atoms with E-state index in [9.17, 15) is 19.6 Å². The summed E-state index contributed by atoms with van der Waals surface area (Å²) in [7, 11) is 0. The van der Waals surface area contributed by atoms with E-state index in [1.165, 1.54) is 0 Å². The van der Waals surface area contributed by atoms with Crippen LogP contribution in [0.1, 0.15) is 53.9 Å². The second kappa shape index (κ2) is 9.41. The first-order valence-corrected chi connectivity index (χ1v) is 9.08. The minimum absolute atomic E-state index is 0.0825. The summed E-state index contributed by atoms with van der Waals surface area (Å²) in [6.45, 7) is 10.1. The minimum atomic E-state index is -0.765. The van der Waals surface area contributed by atoms with Crippen LogP contribution in [0.2, 0.25) is 0 Å². The average molecular weight is 365 g/mol. The highest BCUT2D eigenvalue weighted by Gasteiger charge is 2.30. The number of amides is 4. The van der Waals surface area contributed by atoms with Gasteiger partial charge in [0.05, 0.1) is 6.07 Å². The van der Waals surface area contributed by atoms with Gasteiger partial charge < -0.3 is 21.3 Å². The van der Waals surface area contributed by atoms with E-state index in [1.54, 1.807) is 0 Å². The molecule has 146 valence electrons. The lowest BCUT2D eigenvalue weighted by Crippen LogP contribution is -2.55. The molecular weight excluding hydrogens is 334 g/mol. The van der Waals surface area contributed by atoms with Gasteiger partial charge in [0.25, 0.3) is 0 Å². The fraction of sp³-hybridized carbons (Fsp3) is 0.778. The average Bonchev–Trinajstić information content (AvgIpc) is 2.88. The van der Waals surface area contributed by atoms with Crippen LogP contribution in [0.15, 0.2) is 0 Å². The first kappa shape index (κ1) is 21.7. The van der Waals surface area contributed by atoms with Crippen LogP contribution < -0.4 is 21.3 Å². The molecule has 1 aliphatic heterocycles. The Balaban J connectivity index is 2.69. The van der Waals surface area contributed by atoms with E-state index < -0.39 is 29.6 Å². The lowest BCUT2D eigenvalue weighted by atomic mass is 9.98. The van der Waals surface area contributed by atoms with E-state index in [-0.39, 0.29) is 24.2 Å². The Bertz CT molecular complexity index is 562. The van der Waals surface area contributed by atoms with Gasteiger partial charge in [-0.1, -0.05) is 13.8 Å². The molecular formula is C18H31N5O3. The zero-order chi connectivity index (χ0) is 19.9. The number of nitrogens with one attached hydrogen (secondary N) is 4. The van der Waals surface area contributed by atoms with Crippen molar-refractivity contribution in [3.63, 3.8) is 0 Å². The standard InChI is InChI=1S/C18H31N5O3/c1-11(2)8-14(22-17(26)23-18(3,4)5)16(25)21-13(10-19)9-12-6-7-20-15(12)24/h11-14H,6-9H2,1-5H3,(H,20,24)(H,21,25)(H2,22,23,26)/t12-,13-,14-/m0/s1. The van der Waals surface area contributed by atoms with Gasteiger partial charge in [-0.15, -0.1) is 0 Å². The van der Waals surface area contributed by atoms with Gasteiger partial charge in [-0.3, -0.25) is 9.59 Å². The fourth-order valence-corrected chi connectivity index (χ4v) is 2.81. The lowest BCUT2D eigenvalue weighted by molar-refractivity contribution is -0.125. The van der Waals surface area contributed by atoms with Crippen molar-refractivity contribution in [2.75, 3.05) is 6.54 Å². The van der Waals surface area contributed by atoms with Crippen molar-refractivity contribution in [3.05, 3.63) is 0 Å². The van der Waals surface area contributed by atoms with E-state index in [1.807, 2.05) is 40.7 Å². The molecule has 0 bridgehead atoms. The second-order valence-corrected chi connectivity index (χ2v) is 8.23. The molecule has 4 amide bonds. The van der Waals surface area contributed by atoms with Gasteiger partial charge in [-0.25, -0.2) is 4.79 Å². The molecule has 0 unspecified atom stereocenters. The van der Waals surface area contributed by atoms with Crippen LogP contribution in [0.5, 0.6) is 0 Å². The van der Waals surface area contributed by atoms with Gasteiger partial charge in [-0.2, -0.15) is 5.26 Å². The van der Waals surface area contributed by atoms with Crippen LogP contribution in [0.4, 0.5) is 4.79 Å². The van der Waals surface area contributed by atoms with Crippen molar-refractivity contribution < 1.29 is 14.4 Å². The maximum absolute atomic E-state index is 12.6. The molecule has 3 atom stereocenters. The minimum Gasteiger partial charge on any atom is -0.356 e. The summed E-state index contributed by atoms with van der Waals surface area (Å²) < 4.78 is 0. The predicted octanol–water partition coefficient (Wildman–Crippen LogP) is 1.03. The summed E-state index contributed by atoms with van der Waals surface area (Å²) in [5.74, 6) is -0.573. The number of nitriles is 1. The van der Waals surface area contributed by atoms with Gasteiger partial charge in [-0.05, 0) is 46.0 Å². The number of carbonyl (C=O) groups is 3. The topological polar surface area (TPSA) is 123 Å². The molecule has 0 aliphatic carbocycles. The van der Waals surface area contributed by atoms with Crippen molar-refractivity contribution in [2.24, 2.45) is 11.8 Å². The van der Waals surface area contributed by atoms with Crippen molar-refractivity contribution in [1.29, 1.82) is 5.26 Å².